The minimum atomic E-state index is -2.46. The van der Waals surface area contributed by atoms with E-state index in [-0.39, 0.29) is 46.6 Å². The number of benzene rings is 2. The van der Waals surface area contributed by atoms with Crippen molar-refractivity contribution in [1.82, 2.24) is 20.0 Å². The van der Waals surface area contributed by atoms with Crippen molar-refractivity contribution in [3.05, 3.63) is 75.5 Å². The summed E-state index contributed by atoms with van der Waals surface area (Å²) in [5, 5.41) is 8.10. The lowest BCUT2D eigenvalue weighted by atomic mass is 9.45. The largest absolute Gasteiger partial charge is 0.378 e. The number of hydrogen-bond donors (Lipinski definition) is 1. The SMILES string of the molecule is C[C@]12CCC(F)(F)C[C@@H]1CC[C@@H]1[C@@H]2CC[C@]2(C)[C@@H](OCCCCCCCN3CCN(C(=O)c4cc(Cc5n[nH]c(=O)c6ccccc56)ccc4F)CC3)CC[C@@H]12. The summed E-state index contributed by atoms with van der Waals surface area (Å²) in [5.74, 6) is -1.11. The van der Waals surface area contributed by atoms with Crippen LogP contribution in [0.5, 0.6) is 0 Å². The Bertz CT molecular complexity index is 1930. The van der Waals surface area contributed by atoms with Crippen molar-refractivity contribution in [2.75, 3.05) is 39.3 Å². The normalized spacial score (nSPS) is 31.5. The fourth-order valence-electron chi connectivity index (χ4n) is 12.3. The van der Waals surface area contributed by atoms with Gasteiger partial charge in [-0.25, -0.2) is 18.3 Å². The maximum absolute atomic E-state index is 15.0. The van der Waals surface area contributed by atoms with Crippen LogP contribution >= 0.6 is 0 Å². The van der Waals surface area contributed by atoms with E-state index in [2.05, 4.69) is 28.9 Å². The molecule has 7 nitrogen and oxygen atoms in total. The van der Waals surface area contributed by atoms with Gasteiger partial charge in [0.1, 0.15) is 5.82 Å². The van der Waals surface area contributed by atoms with E-state index in [0.717, 1.165) is 69.3 Å². The van der Waals surface area contributed by atoms with Crippen LogP contribution < -0.4 is 5.56 Å². The average Bonchev–Trinajstić information content (AvgIpc) is 3.53. The molecule has 2 heterocycles. The number of H-pyrrole nitrogens is 1. The third-order valence-electron chi connectivity index (χ3n) is 15.6. The second-order valence-corrected chi connectivity index (χ2v) is 18.6. The summed E-state index contributed by atoms with van der Waals surface area (Å²) in [6.07, 6.45) is 14.2. The summed E-state index contributed by atoms with van der Waals surface area (Å²) in [6.45, 7) is 9.41. The highest BCUT2D eigenvalue weighted by Crippen LogP contribution is 2.67. The first kappa shape index (κ1) is 39.6. The lowest BCUT2D eigenvalue weighted by molar-refractivity contribution is -0.169. The number of piperazine rings is 1. The number of unbranched alkanes of at least 4 members (excludes halogenated alkanes) is 4. The fraction of sp³-hybridized carbons (Fsp3) is 0.674. The zero-order valence-corrected chi connectivity index (χ0v) is 33.5. The van der Waals surface area contributed by atoms with Crippen LogP contribution in [0.2, 0.25) is 0 Å². The summed E-state index contributed by atoms with van der Waals surface area (Å²) in [7, 11) is 0. The number of rotatable bonds is 12. The molecule has 8 rings (SSSR count). The van der Waals surface area contributed by atoms with E-state index in [0.29, 0.717) is 60.9 Å². The van der Waals surface area contributed by atoms with Gasteiger partial charge in [0.2, 0.25) is 5.92 Å². The molecule has 0 unspecified atom stereocenters. The summed E-state index contributed by atoms with van der Waals surface area (Å²) < 4.78 is 50.3. The zero-order valence-electron chi connectivity index (χ0n) is 33.5. The Morgan fingerprint density at radius 1 is 0.857 bits per heavy atom. The molecule has 1 aliphatic heterocycles. The van der Waals surface area contributed by atoms with Crippen molar-refractivity contribution in [3.63, 3.8) is 0 Å². The summed E-state index contributed by atoms with van der Waals surface area (Å²) in [5.41, 5.74) is 1.59. The number of halogens is 3. The topological polar surface area (TPSA) is 78.5 Å². The molecule has 2 aromatic carbocycles. The van der Waals surface area contributed by atoms with Crippen LogP contribution in [-0.2, 0) is 11.2 Å². The van der Waals surface area contributed by atoms with E-state index in [4.69, 9.17) is 4.74 Å². The lowest BCUT2D eigenvalue weighted by Crippen LogP contribution is -2.55. The molecular weight excluding hydrogens is 714 g/mol. The van der Waals surface area contributed by atoms with Crippen molar-refractivity contribution in [2.45, 2.75) is 122 Å². The molecule has 1 aromatic heterocycles. The van der Waals surface area contributed by atoms with Gasteiger partial charge >= 0.3 is 0 Å². The number of carbonyl (C=O) groups excluding carboxylic acids is 1. The van der Waals surface area contributed by atoms with Gasteiger partial charge in [-0.3, -0.25) is 14.5 Å². The highest BCUT2D eigenvalue weighted by atomic mass is 19.3. The van der Waals surface area contributed by atoms with Gasteiger partial charge in [0, 0.05) is 57.4 Å². The molecule has 1 saturated heterocycles. The second kappa shape index (κ2) is 16.2. The van der Waals surface area contributed by atoms with Crippen LogP contribution in [0.25, 0.3) is 10.8 Å². The van der Waals surface area contributed by atoms with Crippen LogP contribution in [0.3, 0.4) is 0 Å². The van der Waals surface area contributed by atoms with Crippen LogP contribution in [0.15, 0.2) is 47.3 Å². The molecule has 4 saturated carbocycles. The predicted octanol–water partition coefficient (Wildman–Crippen LogP) is 9.42. The Hall–Kier alpha value is -3.24. The van der Waals surface area contributed by atoms with E-state index in [1.807, 2.05) is 18.2 Å². The Labute approximate surface area is 330 Å². The summed E-state index contributed by atoms with van der Waals surface area (Å²) in [4.78, 5) is 29.8. The van der Waals surface area contributed by atoms with Gasteiger partial charge in [-0.1, -0.05) is 57.4 Å². The summed E-state index contributed by atoms with van der Waals surface area (Å²) in [6, 6.07) is 11.9. The molecular formula is C46H61F3N4O3. The van der Waals surface area contributed by atoms with Gasteiger partial charge < -0.3 is 9.64 Å². The first-order valence-corrected chi connectivity index (χ1v) is 21.7. The highest BCUT2D eigenvalue weighted by molar-refractivity contribution is 5.95. The number of aromatic amines is 1. The predicted molar refractivity (Wildman–Crippen MR) is 213 cm³/mol. The van der Waals surface area contributed by atoms with Gasteiger partial charge in [0.05, 0.1) is 22.7 Å². The van der Waals surface area contributed by atoms with E-state index < -0.39 is 11.7 Å². The first-order chi connectivity index (χ1) is 26.9. The Kier molecular flexibility index (Phi) is 11.4. The van der Waals surface area contributed by atoms with Crippen molar-refractivity contribution in [3.8, 4) is 0 Å². The van der Waals surface area contributed by atoms with E-state index >= 15 is 0 Å². The minimum Gasteiger partial charge on any atom is -0.378 e. The molecule has 10 heteroatoms. The zero-order chi connectivity index (χ0) is 39.1. The van der Waals surface area contributed by atoms with Gasteiger partial charge in [0.25, 0.3) is 11.5 Å². The van der Waals surface area contributed by atoms with Crippen LogP contribution in [0.1, 0.15) is 125 Å². The number of alkyl halides is 2. The van der Waals surface area contributed by atoms with Crippen LogP contribution in [0, 0.1) is 40.3 Å². The van der Waals surface area contributed by atoms with Gasteiger partial charge in [0.15, 0.2) is 0 Å². The molecule has 304 valence electrons. The van der Waals surface area contributed by atoms with Crippen molar-refractivity contribution >= 4 is 16.7 Å². The number of amides is 1. The number of fused-ring (bicyclic) bond motifs is 6. The molecule has 0 bridgehead atoms. The van der Waals surface area contributed by atoms with Crippen molar-refractivity contribution in [1.29, 1.82) is 0 Å². The van der Waals surface area contributed by atoms with E-state index in [1.165, 1.54) is 44.6 Å². The van der Waals surface area contributed by atoms with E-state index in [9.17, 15) is 22.8 Å². The Balaban J connectivity index is 0.725. The van der Waals surface area contributed by atoms with Crippen LogP contribution in [0.4, 0.5) is 13.2 Å². The Morgan fingerprint density at radius 3 is 2.43 bits per heavy atom. The van der Waals surface area contributed by atoms with Gasteiger partial charge in [-0.05, 0) is 123 Å². The minimum absolute atomic E-state index is 0.0793. The van der Waals surface area contributed by atoms with Crippen molar-refractivity contribution in [2.24, 2.45) is 34.5 Å². The number of aromatic nitrogens is 2. The lowest BCUT2D eigenvalue weighted by Gasteiger charge is -2.61. The average molecular weight is 775 g/mol. The quantitative estimate of drug-likeness (QED) is 0.186. The Morgan fingerprint density at radius 2 is 1.61 bits per heavy atom. The third-order valence-corrected chi connectivity index (χ3v) is 15.6. The number of nitrogens with zero attached hydrogens (tertiary/aromatic N) is 3. The smallest absolute Gasteiger partial charge is 0.272 e. The highest BCUT2D eigenvalue weighted by Gasteiger charge is 2.62. The molecule has 1 N–H and O–H groups in total. The number of nitrogens with one attached hydrogen (secondary N) is 1. The van der Waals surface area contributed by atoms with Crippen LogP contribution in [-0.4, -0.2) is 77.3 Å². The molecule has 3 aromatic rings. The van der Waals surface area contributed by atoms with Gasteiger partial charge in [-0.2, -0.15) is 5.10 Å². The first-order valence-electron chi connectivity index (χ1n) is 21.7. The number of ether oxygens (including phenoxy) is 1. The van der Waals surface area contributed by atoms with Gasteiger partial charge in [-0.15, -0.1) is 0 Å². The standard InChI is InChI=1S/C46H61F3N4O3/c1-44-20-21-46(48,49)30-32(44)13-14-35-37-15-17-41(45(37,2)19-18-38(35)44)56-27-9-5-3-4-8-22-52-23-25-53(26-24-52)43(55)36-28-31(12-16-39(36)47)29-40-33-10-6-7-11-34(33)42(54)51-50-40/h6-7,10-12,16,28,32,35,37-38,41H,3-5,8-9,13-15,17-27,29-30H2,1-2H3,(H,51,54)/t32-,35-,37-,38-,41-,44-,45-/m0/s1. The molecule has 5 aliphatic rings. The molecule has 5 fully saturated rings. The third kappa shape index (κ3) is 7.82. The second-order valence-electron chi connectivity index (χ2n) is 18.6. The van der Waals surface area contributed by atoms with E-state index in [1.54, 1.807) is 23.1 Å². The molecule has 0 radical (unpaired) electrons. The monoisotopic (exact) mass is 774 g/mol. The molecule has 56 heavy (non-hydrogen) atoms. The fourth-order valence-corrected chi connectivity index (χ4v) is 12.3. The maximum Gasteiger partial charge on any atom is 0.272 e. The maximum atomic E-state index is 15.0. The molecule has 0 spiro atoms. The number of carbonyl (C=O) groups is 1. The molecule has 7 atom stereocenters. The van der Waals surface area contributed by atoms with Crippen molar-refractivity contribution < 1.29 is 22.7 Å². The summed E-state index contributed by atoms with van der Waals surface area (Å²) >= 11 is 0. The molecule has 1 amide bonds. The molecule has 4 aliphatic carbocycles. The number of hydrogen-bond acceptors (Lipinski definition) is 5.